The monoisotopic (exact) mass is 333 g/mol. The van der Waals surface area contributed by atoms with E-state index in [2.05, 4.69) is 40.9 Å². The largest absolute Gasteiger partial charge is 0.350 e. The van der Waals surface area contributed by atoms with Gasteiger partial charge < -0.3 is 4.57 Å². The minimum Gasteiger partial charge on any atom is -0.350 e. The molecule has 1 heterocycles. The number of carbonyl (C=O) groups is 1. The molecule has 2 aromatic carbocycles. The second-order valence-electron chi connectivity index (χ2n) is 6.58. The van der Waals surface area contributed by atoms with Gasteiger partial charge in [-0.25, -0.2) is 5.01 Å². The van der Waals surface area contributed by atoms with E-state index in [-0.39, 0.29) is 5.91 Å². The Morgan fingerprint density at radius 1 is 1.08 bits per heavy atom. The number of nitrogens with zero attached hydrogens (tertiary/aromatic N) is 3. The van der Waals surface area contributed by atoms with Gasteiger partial charge in [0, 0.05) is 36.6 Å². The highest BCUT2D eigenvalue weighted by Gasteiger charge is 2.13. The first-order valence-electron chi connectivity index (χ1n) is 8.34. The molecule has 0 saturated carbocycles. The lowest BCUT2D eigenvalue weighted by atomic mass is 10.1. The van der Waals surface area contributed by atoms with Crippen LogP contribution in [0.25, 0.3) is 10.9 Å². The normalized spacial score (nSPS) is 11.4. The van der Waals surface area contributed by atoms with Crippen LogP contribution in [0.4, 0.5) is 5.69 Å². The maximum absolute atomic E-state index is 12.1. The third kappa shape index (κ3) is 3.33. The number of rotatable bonds is 3. The molecule has 3 aromatic rings. The van der Waals surface area contributed by atoms with Crippen molar-refractivity contribution in [3.63, 3.8) is 0 Å². The number of fused-ring (bicyclic) bond motifs is 1. The van der Waals surface area contributed by atoms with Gasteiger partial charge in [0.25, 0.3) is 0 Å². The number of aromatic nitrogens is 1. The molecule has 0 atom stereocenters. The second-order valence-corrected chi connectivity index (χ2v) is 6.58. The van der Waals surface area contributed by atoms with Crippen LogP contribution in [0.1, 0.15) is 29.2 Å². The topological polar surface area (TPSA) is 37.6 Å². The average Bonchev–Trinajstić information content (AvgIpc) is 2.84. The second kappa shape index (κ2) is 6.55. The van der Waals surface area contributed by atoms with Crippen LogP contribution in [0, 0.1) is 20.8 Å². The first-order chi connectivity index (χ1) is 11.9. The molecule has 128 valence electrons. The molecule has 0 radical (unpaired) electrons. The van der Waals surface area contributed by atoms with Crippen molar-refractivity contribution in [3.8, 4) is 0 Å². The van der Waals surface area contributed by atoms with Gasteiger partial charge in [-0.2, -0.15) is 5.10 Å². The maximum Gasteiger partial charge on any atom is 0.244 e. The highest BCUT2D eigenvalue weighted by Crippen LogP contribution is 2.23. The van der Waals surface area contributed by atoms with Gasteiger partial charge in [-0.05, 0) is 44.5 Å². The molecule has 1 amide bonds. The van der Waals surface area contributed by atoms with Crippen molar-refractivity contribution >= 4 is 28.7 Å². The molecule has 0 saturated heterocycles. The van der Waals surface area contributed by atoms with E-state index in [4.69, 9.17) is 0 Å². The summed E-state index contributed by atoms with van der Waals surface area (Å²) in [5, 5.41) is 7.09. The Bertz CT molecular complexity index is 982. The Balaban J connectivity index is 2.04. The molecular formula is C21H23N3O. The maximum atomic E-state index is 12.1. The smallest absolute Gasteiger partial charge is 0.244 e. The van der Waals surface area contributed by atoms with E-state index in [0.717, 1.165) is 27.7 Å². The van der Waals surface area contributed by atoms with Crippen molar-refractivity contribution < 1.29 is 4.79 Å². The molecule has 4 heteroatoms. The molecule has 0 bridgehead atoms. The van der Waals surface area contributed by atoms with E-state index in [1.165, 1.54) is 23.1 Å². The fourth-order valence-corrected chi connectivity index (χ4v) is 3.12. The van der Waals surface area contributed by atoms with Crippen LogP contribution in [-0.2, 0) is 11.8 Å². The van der Waals surface area contributed by atoms with Crippen LogP contribution < -0.4 is 5.01 Å². The quantitative estimate of drug-likeness (QED) is 0.514. The highest BCUT2D eigenvalue weighted by atomic mass is 16.2. The molecule has 0 aliphatic rings. The number of hydrazone groups is 1. The molecule has 0 fully saturated rings. The number of amides is 1. The van der Waals surface area contributed by atoms with Crippen molar-refractivity contribution in [3.05, 3.63) is 64.8 Å². The van der Waals surface area contributed by atoms with Gasteiger partial charge in [-0.3, -0.25) is 4.79 Å². The van der Waals surface area contributed by atoms with E-state index in [0.29, 0.717) is 0 Å². The minimum atomic E-state index is -0.111. The van der Waals surface area contributed by atoms with Gasteiger partial charge in [0.1, 0.15) is 0 Å². The highest BCUT2D eigenvalue weighted by molar-refractivity contribution is 6.01. The van der Waals surface area contributed by atoms with Crippen LogP contribution in [0.2, 0.25) is 0 Å². The summed E-state index contributed by atoms with van der Waals surface area (Å²) in [6, 6.07) is 12.3. The predicted octanol–water partition coefficient (Wildman–Crippen LogP) is 4.49. The Kier molecular flexibility index (Phi) is 4.45. The Morgan fingerprint density at radius 3 is 2.44 bits per heavy atom. The summed E-state index contributed by atoms with van der Waals surface area (Å²) in [6.07, 6.45) is 3.80. The summed E-state index contributed by atoms with van der Waals surface area (Å²) in [4.78, 5) is 12.1. The van der Waals surface area contributed by atoms with Crippen molar-refractivity contribution in [1.29, 1.82) is 0 Å². The van der Waals surface area contributed by atoms with Gasteiger partial charge in [-0.1, -0.05) is 29.3 Å². The number of aryl methyl sites for hydroxylation is 4. The van der Waals surface area contributed by atoms with Crippen molar-refractivity contribution in [2.45, 2.75) is 27.7 Å². The summed E-state index contributed by atoms with van der Waals surface area (Å²) >= 11 is 0. The molecule has 25 heavy (non-hydrogen) atoms. The van der Waals surface area contributed by atoms with Gasteiger partial charge in [0.2, 0.25) is 5.91 Å². The fourth-order valence-electron chi connectivity index (χ4n) is 3.12. The zero-order chi connectivity index (χ0) is 18.1. The zero-order valence-electron chi connectivity index (χ0n) is 15.4. The summed E-state index contributed by atoms with van der Waals surface area (Å²) < 4.78 is 2.07. The lowest BCUT2D eigenvalue weighted by molar-refractivity contribution is -0.116. The first kappa shape index (κ1) is 17.0. The van der Waals surface area contributed by atoms with E-state index in [1.807, 2.05) is 39.2 Å². The van der Waals surface area contributed by atoms with Crippen molar-refractivity contribution in [2.75, 3.05) is 5.01 Å². The number of hydrogen-bond acceptors (Lipinski definition) is 2. The van der Waals surface area contributed by atoms with Crippen LogP contribution in [0.15, 0.2) is 47.7 Å². The van der Waals surface area contributed by atoms with Gasteiger partial charge in [-0.15, -0.1) is 0 Å². The lowest BCUT2D eigenvalue weighted by Gasteiger charge is -2.17. The molecule has 0 N–H and O–H groups in total. The summed E-state index contributed by atoms with van der Waals surface area (Å²) in [7, 11) is 2.02. The molecule has 0 aliphatic carbocycles. The lowest BCUT2D eigenvalue weighted by Crippen LogP contribution is -2.23. The van der Waals surface area contributed by atoms with Crippen LogP contribution in [0.5, 0.6) is 0 Å². The summed E-state index contributed by atoms with van der Waals surface area (Å²) in [5.74, 6) is -0.111. The number of anilines is 1. The minimum absolute atomic E-state index is 0.111. The Hall–Kier alpha value is -2.88. The van der Waals surface area contributed by atoms with Crippen LogP contribution in [-0.4, -0.2) is 16.7 Å². The number of benzene rings is 2. The van der Waals surface area contributed by atoms with Gasteiger partial charge >= 0.3 is 0 Å². The van der Waals surface area contributed by atoms with E-state index in [1.54, 1.807) is 6.21 Å². The molecule has 0 unspecified atom stereocenters. The van der Waals surface area contributed by atoms with E-state index < -0.39 is 0 Å². The van der Waals surface area contributed by atoms with Gasteiger partial charge in [0.15, 0.2) is 0 Å². The Labute approximate surface area is 148 Å². The predicted molar refractivity (Wildman–Crippen MR) is 104 cm³/mol. The molecule has 0 spiro atoms. The molecule has 3 rings (SSSR count). The van der Waals surface area contributed by atoms with E-state index in [9.17, 15) is 4.79 Å². The zero-order valence-corrected chi connectivity index (χ0v) is 15.4. The van der Waals surface area contributed by atoms with Gasteiger partial charge in [0.05, 0.1) is 11.9 Å². The SMILES string of the molecule is CC(=O)N(/N=C/c1cn(C)c2ccc(C)cc12)c1ccc(C)cc1C. The average molecular weight is 333 g/mol. The summed E-state index contributed by atoms with van der Waals surface area (Å²) in [6.45, 7) is 7.64. The molecule has 0 aliphatic heterocycles. The molecule has 4 nitrogen and oxygen atoms in total. The standard InChI is InChI=1S/C21H23N3O/c1-14-6-8-20(16(3)10-14)24(17(4)25)22-12-18-13-23(5)21-9-7-15(2)11-19(18)21/h6-13H,1-5H3/b22-12+. The molecular weight excluding hydrogens is 310 g/mol. The molecule has 1 aromatic heterocycles. The van der Waals surface area contributed by atoms with E-state index >= 15 is 0 Å². The Morgan fingerprint density at radius 2 is 1.76 bits per heavy atom. The third-order valence-electron chi connectivity index (χ3n) is 4.37. The van der Waals surface area contributed by atoms with Crippen LogP contribution in [0.3, 0.4) is 0 Å². The third-order valence-corrected chi connectivity index (χ3v) is 4.37. The van der Waals surface area contributed by atoms with Crippen molar-refractivity contribution in [1.82, 2.24) is 4.57 Å². The number of carbonyl (C=O) groups excluding carboxylic acids is 1. The first-order valence-corrected chi connectivity index (χ1v) is 8.34. The van der Waals surface area contributed by atoms with Crippen molar-refractivity contribution in [2.24, 2.45) is 12.1 Å². The number of hydrogen-bond donors (Lipinski definition) is 0. The summed E-state index contributed by atoms with van der Waals surface area (Å²) in [5.41, 5.74) is 6.35. The van der Waals surface area contributed by atoms with Crippen LogP contribution >= 0.6 is 0 Å². The fraction of sp³-hybridized carbons (Fsp3) is 0.238.